The van der Waals surface area contributed by atoms with Gasteiger partial charge in [-0.15, -0.1) is 11.8 Å². The minimum Gasteiger partial charge on any atom is -0.493 e. The minimum atomic E-state index is 0.686. The van der Waals surface area contributed by atoms with Gasteiger partial charge in [0.15, 0.2) is 0 Å². The third kappa shape index (κ3) is 3.78. The van der Waals surface area contributed by atoms with E-state index in [0.717, 1.165) is 21.7 Å². The highest BCUT2D eigenvalue weighted by molar-refractivity contribution is 9.10. The first-order chi connectivity index (χ1) is 8.65. The number of hydrogen-bond acceptors (Lipinski definition) is 3. The van der Waals surface area contributed by atoms with Crippen LogP contribution in [0.3, 0.4) is 0 Å². The molecular formula is C13H15BrN2OS. The molecule has 96 valence electrons. The first-order valence-corrected chi connectivity index (χ1v) is 7.45. The molecule has 0 unspecified atom stereocenters. The number of benzene rings is 1. The Bertz CT molecular complexity index is 527. The number of aromatic nitrogens is 2. The number of hydrogen-bond donors (Lipinski definition) is 0. The molecule has 0 fully saturated rings. The summed E-state index contributed by atoms with van der Waals surface area (Å²) in [7, 11) is 1.96. The molecule has 0 aliphatic rings. The number of aryl methyl sites for hydroxylation is 2. The summed E-state index contributed by atoms with van der Waals surface area (Å²) >= 11 is 5.18. The van der Waals surface area contributed by atoms with E-state index < -0.39 is 0 Å². The van der Waals surface area contributed by atoms with E-state index in [1.54, 1.807) is 11.8 Å². The Kier molecular flexibility index (Phi) is 4.72. The summed E-state index contributed by atoms with van der Waals surface area (Å²) in [5.41, 5.74) is 1.05. The fraction of sp³-hybridized carbons (Fsp3) is 0.308. The van der Waals surface area contributed by atoms with Gasteiger partial charge in [0.1, 0.15) is 5.75 Å². The Morgan fingerprint density at radius 3 is 2.89 bits per heavy atom. The molecule has 18 heavy (non-hydrogen) atoms. The van der Waals surface area contributed by atoms with E-state index in [1.165, 1.54) is 5.03 Å². The summed E-state index contributed by atoms with van der Waals surface area (Å²) in [5.74, 6) is 1.80. The molecular weight excluding hydrogens is 312 g/mol. The molecule has 0 spiro atoms. The lowest BCUT2D eigenvalue weighted by atomic mass is 10.3. The summed E-state index contributed by atoms with van der Waals surface area (Å²) in [5, 5.41) is 5.48. The van der Waals surface area contributed by atoms with Crippen molar-refractivity contribution < 1.29 is 4.74 Å². The third-order valence-corrected chi connectivity index (χ3v) is 3.90. The number of halogens is 1. The van der Waals surface area contributed by atoms with Crippen LogP contribution in [0, 0.1) is 6.92 Å². The zero-order valence-electron chi connectivity index (χ0n) is 10.4. The van der Waals surface area contributed by atoms with Crippen LogP contribution in [0.15, 0.2) is 39.8 Å². The van der Waals surface area contributed by atoms with Gasteiger partial charge >= 0.3 is 0 Å². The van der Waals surface area contributed by atoms with Gasteiger partial charge < -0.3 is 4.74 Å². The molecule has 5 heteroatoms. The van der Waals surface area contributed by atoms with Crippen LogP contribution in [0.2, 0.25) is 0 Å². The van der Waals surface area contributed by atoms with E-state index >= 15 is 0 Å². The molecule has 2 rings (SSSR count). The van der Waals surface area contributed by atoms with Crippen LogP contribution in [0.4, 0.5) is 0 Å². The second-order valence-electron chi connectivity index (χ2n) is 3.90. The van der Waals surface area contributed by atoms with E-state index in [1.807, 2.05) is 42.9 Å². The number of rotatable bonds is 5. The van der Waals surface area contributed by atoms with Crippen molar-refractivity contribution in [2.24, 2.45) is 7.05 Å². The molecule has 1 aromatic heterocycles. The molecule has 0 aliphatic carbocycles. The molecule has 0 atom stereocenters. The zero-order chi connectivity index (χ0) is 13.0. The summed E-state index contributed by atoms with van der Waals surface area (Å²) in [6.07, 6.45) is 0. The third-order valence-electron chi connectivity index (χ3n) is 2.36. The predicted molar refractivity (Wildman–Crippen MR) is 78.3 cm³/mol. The molecule has 1 heterocycles. The molecule has 0 N–H and O–H groups in total. The number of ether oxygens (including phenoxy) is 1. The molecule has 0 aliphatic heterocycles. The van der Waals surface area contributed by atoms with Gasteiger partial charge in [-0.05, 0) is 31.2 Å². The SMILES string of the molecule is Cc1cc(SCCOc2cccc(Br)c2)n(C)n1. The lowest BCUT2D eigenvalue weighted by Gasteiger charge is -2.06. The Labute approximate surface area is 120 Å². The molecule has 3 nitrogen and oxygen atoms in total. The molecule has 0 saturated carbocycles. The van der Waals surface area contributed by atoms with Gasteiger partial charge in [0, 0.05) is 17.3 Å². The molecule has 0 radical (unpaired) electrons. The predicted octanol–water partition coefficient (Wildman–Crippen LogP) is 3.66. The van der Waals surface area contributed by atoms with Crippen LogP contribution in [0.25, 0.3) is 0 Å². The Morgan fingerprint density at radius 2 is 2.22 bits per heavy atom. The highest BCUT2D eigenvalue weighted by Gasteiger charge is 2.02. The van der Waals surface area contributed by atoms with Crippen molar-refractivity contribution in [2.75, 3.05) is 12.4 Å². The van der Waals surface area contributed by atoms with Crippen molar-refractivity contribution >= 4 is 27.7 Å². The van der Waals surface area contributed by atoms with Crippen molar-refractivity contribution in [3.8, 4) is 5.75 Å². The van der Waals surface area contributed by atoms with E-state index in [-0.39, 0.29) is 0 Å². The first kappa shape index (κ1) is 13.5. The summed E-state index contributed by atoms with van der Waals surface area (Å²) < 4.78 is 8.61. The van der Waals surface area contributed by atoms with Gasteiger partial charge in [-0.1, -0.05) is 22.0 Å². The fourth-order valence-electron chi connectivity index (χ4n) is 1.58. The first-order valence-electron chi connectivity index (χ1n) is 5.67. The standard InChI is InChI=1S/C13H15BrN2OS/c1-10-8-13(16(2)15-10)18-7-6-17-12-5-3-4-11(14)9-12/h3-5,8-9H,6-7H2,1-2H3. The van der Waals surface area contributed by atoms with Gasteiger partial charge in [-0.3, -0.25) is 4.68 Å². The van der Waals surface area contributed by atoms with E-state index in [2.05, 4.69) is 27.1 Å². The average molecular weight is 327 g/mol. The quantitative estimate of drug-likeness (QED) is 0.619. The van der Waals surface area contributed by atoms with E-state index in [0.29, 0.717) is 6.61 Å². The van der Waals surface area contributed by atoms with Crippen molar-refractivity contribution in [3.63, 3.8) is 0 Å². The van der Waals surface area contributed by atoms with Gasteiger partial charge in [-0.2, -0.15) is 5.10 Å². The van der Waals surface area contributed by atoms with Crippen LogP contribution in [-0.2, 0) is 7.05 Å². The van der Waals surface area contributed by atoms with Gasteiger partial charge in [0.2, 0.25) is 0 Å². The van der Waals surface area contributed by atoms with Crippen LogP contribution < -0.4 is 4.74 Å². The van der Waals surface area contributed by atoms with Crippen LogP contribution in [0.1, 0.15) is 5.69 Å². The smallest absolute Gasteiger partial charge is 0.120 e. The number of thioether (sulfide) groups is 1. The zero-order valence-corrected chi connectivity index (χ0v) is 12.8. The van der Waals surface area contributed by atoms with Gasteiger partial charge in [0.25, 0.3) is 0 Å². The summed E-state index contributed by atoms with van der Waals surface area (Å²) in [4.78, 5) is 0. The van der Waals surface area contributed by atoms with Crippen LogP contribution >= 0.6 is 27.7 Å². The molecule has 2 aromatic rings. The Hall–Kier alpha value is -0.940. The fourth-order valence-corrected chi connectivity index (χ4v) is 2.82. The highest BCUT2D eigenvalue weighted by Crippen LogP contribution is 2.20. The van der Waals surface area contributed by atoms with Crippen molar-refractivity contribution in [1.29, 1.82) is 0 Å². The lowest BCUT2D eigenvalue weighted by Crippen LogP contribution is -2.01. The Morgan fingerprint density at radius 1 is 1.39 bits per heavy atom. The van der Waals surface area contributed by atoms with Crippen LogP contribution in [-0.4, -0.2) is 22.1 Å². The van der Waals surface area contributed by atoms with Crippen molar-refractivity contribution in [2.45, 2.75) is 11.9 Å². The van der Waals surface area contributed by atoms with E-state index in [4.69, 9.17) is 4.74 Å². The Balaban J connectivity index is 1.78. The summed E-state index contributed by atoms with van der Waals surface area (Å²) in [6.45, 7) is 2.69. The monoisotopic (exact) mass is 326 g/mol. The maximum absolute atomic E-state index is 5.67. The van der Waals surface area contributed by atoms with Crippen molar-refractivity contribution in [3.05, 3.63) is 40.5 Å². The maximum atomic E-state index is 5.67. The normalized spacial score (nSPS) is 10.6. The van der Waals surface area contributed by atoms with Gasteiger partial charge in [-0.25, -0.2) is 0 Å². The highest BCUT2D eigenvalue weighted by atomic mass is 79.9. The lowest BCUT2D eigenvalue weighted by molar-refractivity contribution is 0.343. The topological polar surface area (TPSA) is 27.1 Å². The van der Waals surface area contributed by atoms with Crippen molar-refractivity contribution in [1.82, 2.24) is 9.78 Å². The molecule has 0 amide bonds. The summed E-state index contributed by atoms with van der Waals surface area (Å²) in [6, 6.07) is 9.98. The number of nitrogens with zero attached hydrogens (tertiary/aromatic N) is 2. The van der Waals surface area contributed by atoms with E-state index in [9.17, 15) is 0 Å². The second kappa shape index (κ2) is 6.29. The molecule has 1 aromatic carbocycles. The maximum Gasteiger partial charge on any atom is 0.120 e. The minimum absolute atomic E-state index is 0.686. The van der Waals surface area contributed by atoms with Gasteiger partial charge in [0.05, 0.1) is 17.3 Å². The largest absolute Gasteiger partial charge is 0.493 e. The second-order valence-corrected chi connectivity index (χ2v) is 5.93. The molecule has 0 bridgehead atoms. The average Bonchev–Trinajstić information content (AvgIpc) is 2.64. The van der Waals surface area contributed by atoms with Crippen LogP contribution in [0.5, 0.6) is 5.75 Å². The molecule has 0 saturated heterocycles.